The standard InChI is InChI=1S/C19H22ClN7OS/c1-3-15(27-24-17(23-25-27)12-5-7-13(20)8-6-12)18(28)22-19-21-14-9-10-26(4-2)11-16(14)29-19/h5-8,15H,3-4,9-11H2,1-2H3,(H,21,22,28). The maximum Gasteiger partial charge on any atom is 0.252 e. The number of anilines is 1. The number of carbonyl (C=O) groups excluding carboxylic acids is 1. The summed E-state index contributed by atoms with van der Waals surface area (Å²) in [6, 6.07) is 6.63. The maximum atomic E-state index is 12.9. The third-order valence-corrected chi connectivity index (χ3v) is 6.24. The largest absolute Gasteiger partial charge is 0.300 e. The van der Waals surface area contributed by atoms with Gasteiger partial charge in [-0.3, -0.25) is 9.69 Å². The third-order valence-electron chi connectivity index (χ3n) is 4.99. The van der Waals surface area contributed by atoms with Crippen molar-refractivity contribution in [3.63, 3.8) is 0 Å². The Morgan fingerprint density at radius 1 is 1.31 bits per heavy atom. The SMILES string of the molecule is CCC(C(=O)Nc1nc2c(s1)CN(CC)CC2)n1nnc(-c2ccc(Cl)cc2)n1. The Hall–Kier alpha value is -2.36. The highest BCUT2D eigenvalue weighted by molar-refractivity contribution is 7.15. The number of tetrazole rings is 1. The Balaban J connectivity index is 1.48. The van der Waals surface area contributed by atoms with E-state index >= 15 is 0 Å². The van der Waals surface area contributed by atoms with Gasteiger partial charge in [0.2, 0.25) is 5.82 Å². The summed E-state index contributed by atoms with van der Waals surface area (Å²) in [6.07, 6.45) is 1.46. The van der Waals surface area contributed by atoms with Gasteiger partial charge in [-0.05, 0) is 42.4 Å². The Bertz CT molecular complexity index is 1000. The van der Waals surface area contributed by atoms with Gasteiger partial charge < -0.3 is 5.32 Å². The van der Waals surface area contributed by atoms with Crippen molar-refractivity contribution >= 4 is 34.0 Å². The zero-order valence-electron chi connectivity index (χ0n) is 16.3. The maximum absolute atomic E-state index is 12.9. The summed E-state index contributed by atoms with van der Waals surface area (Å²) in [5, 5.41) is 16.8. The van der Waals surface area contributed by atoms with Crippen molar-refractivity contribution in [2.24, 2.45) is 0 Å². The van der Waals surface area contributed by atoms with Crippen LogP contribution in [0.5, 0.6) is 0 Å². The van der Waals surface area contributed by atoms with Gasteiger partial charge in [0.15, 0.2) is 11.2 Å². The van der Waals surface area contributed by atoms with Crippen LogP contribution in [-0.4, -0.2) is 49.1 Å². The second-order valence-electron chi connectivity index (χ2n) is 6.86. The van der Waals surface area contributed by atoms with Crippen LogP contribution in [-0.2, 0) is 17.8 Å². The van der Waals surface area contributed by atoms with E-state index in [-0.39, 0.29) is 5.91 Å². The number of nitrogens with one attached hydrogen (secondary N) is 1. The van der Waals surface area contributed by atoms with Gasteiger partial charge >= 0.3 is 0 Å². The molecule has 1 amide bonds. The van der Waals surface area contributed by atoms with Crippen LogP contribution in [0.15, 0.2) is 24.3 Å². The molecule has 1 atom stereocenters. The third kappa shape index (κ3) is 4.31. The summed E-state index contributed by atoms with van der Waals surface area (Å²) < 4.78 is 0. The van der Waals surface area contributed by atoms with E-state index < -0.39 is 6.04 Å². The first-order chi connectivity index (χ1) is 14.1. The molecule has 10 heteroatoms. The Morgan fingerprint density at radius 2 is 2.10 bits per heavy atom. The Labute approximate surface area is 177 Å². The highest BCUT2D eigenvalue weighted by atomic mass is 35.5. The molecule has 0 spiro atoms. The van der Waals surface area contributed by atoms with Crippen LogP contribution in [0.2, 0.25) is 5.02 Å². The molecule has 3 heterocycles. The van der Waals surface area contributed by atoms with Gasteiger partial charge in [-0.25, -0.2) is 4.98 Å². The molecule has 0 saturated carbocycles. The fourth-order valence-electron chi connectivity index (χ4n) is 3.29. The number of fused-ring (bicyclic) bond motifs is 1. The molecule has 4 rings (SSSR count). The molecule has 0 fully saturated rings. The van der Waals surface area contributed by atoms with Crippen molar-refractivity contribution in [2.45, 2.75) is 39.3 Å². The van der Waals surface area contributed by atoms with Crippen LogP contribution in [0, 0.1) is 0 Å². The lowest BCUT2D eigenvalue weighted by molar-refractivity contribution is -0.119. The summed E-state index contributed by atoms with van der Waals surface area (Å²) in [4.78, 5) is 22.4. The molecule has 1 aliphatic heterocycles. The lowest BCUT2D eigenvalue weighted by atomic mass is 10.2. The molecule has 29 heavy (non-hydrogen) atoms. The van der Waals surface area contributed by atoms with Gasteiger partial charge in [0.05, 0.1) is 5.69 Å². The lowest BCUT2D eigenvalue weighted by Crippen LogP contribution is -2.29. The number of hydrogen-bond acceptors (Lipinski definition) is 7. The molecule has 8 nitrogen and oxygen atoms in total. The fraction of sp³-hybridized carbons (Fsp3) is 0.421. The molecule has 2 aromatic heterocycles. The summed E-state index contributed by atoms with van der Waals surface area (Å²) in [5.74, 6) is 0.267. The average Bonchev–Trinajstić information content (AvgIpc) is 3.35. The summed E-state index contributed by atoms with van der Waals surface area (Å²) in [7, 11) is 0. The quantitative estimate of drug-likeness (QED) is 0.643. The highest BCUT2D eigenvalue weighted by Crippen LogP contribution is 2.29. The number of rotatable bonds is 6. The van der Waals surface area contributed by atoms with E-state index in [1.54, 1.807) is 23.5 Å². The summed E-state index contributed by atoms with van der Waals surface area (Å²) in [5.41, 5.74) is 1.89. The van der Waals surface area contributed by atoms with Crippen molar-refractivity contribution in [1.82, 2.24) is 30.1 Å². The van der Waals surface area contributed by atoms with Crippen molar-refractivity contribution in [1.29, 1.82) is 0 Å². The molecule has 0 aliphatic carbocycles. The van der Waals surface area contributed by atoms with Gasteiger partial charge in [0, 0.05) is 35.0 Å². The number of thiazole rings is 1. The first-order valence-electron chi connectivity index (χ1n) is 9.64. The molecule has 1 N–H and O–H groups in total. The van der Waals surface area contributed by atoms with Gasteiger partial charge in [-0.2, -0.15) is 4.80 Å². The molecule has 1 aromatic carbocycles. The molecule has 3 aromatic rings. The molecule has 0 radical (unpaired) electrons. The minimum absolute atomic E-state index is 0.189. The second-order valence-corrected chi connectivity index (χ2v) is 8.38. The number of amides is 1. The van der Waals surface area contributed by atoms with Crippen molar-refractivity contribution in [3.8, 4) is 11.4 Å². The van der Waals surface area contributed by atoms with Gasteiger partial charge in [0.25, 0.3) is 5.91 Å². The van der Waals surface area contributed by atoms with Crippen LogP contribution in [0.3, 0.4) is 0 Å². The summed E-state index contributed by atoms with van der Waals surface area (Å²) in [6.45, 7) is 7.00. The molecule has 152 valence electrons. The van der Waals surface area contributed by atoms with Crippen LogP contribution >= 0.6 is 22.9 Å². The van der Waals surface area contributed by atoms with Crippen LogP contribution in [0.4, 0.5) is 5.13 Å². The summed E-state index contributed by atoms with van der Waals surface area (Å²) >= 11 is 7.47. The van der Waals surface area contributed by atoms with Crippen LogP contribution in [0.25, 0.3) is 11.4 Å². The monoisotopic (exact) mass is 431 g/mol. The van der Waals surface area contributed by atoms with E-state index in [1.165, 1.54) is 9.67 Å². The minimum atomic E-state index is -0.559. The van der Waals surface area contributed by atoms with Crippen LogP contribution in [0.1, 0.15) is 36.9 Å². The minimum Gasteiger partial charge on any atom is -0.300 e. The molecule has 0 saturated heterocycles. The van der Waals surface area contributed by atoms with Crippen molar-refractivity contribution < 1.29 is 4.79 Å². The van der Waals surface area contributed by atoms with E-state index in [4.69, 9.17) is 11.6 Å². The number of nitrogens with zero attached hydrogens (tertiary/aromatic N) is 6. The van der Waals surface area contributed by atoms with Crippen molar-refractivity contribution in [3.05, 3.63) is 39.9 Å². The normalized spacial score (nSPS) is 15.1. The zero-order valence-corrected chi connectivity index (χ0v) is 17.9. The van der Waals surface area contributed by atoms with E-state index in [1.807, 2.05) is 19.1 Å². The van der Waals surface area contributed by atoms with E-state index in [9.17, 15) is 4.79 Å². The van der Waals surface area contributed by atoms with Crippen LogP contribution < -0.4 is 5.32 Å². The zero-order chi connectivity index (χ0) is 20.4. The second kappa shape index (κ2) is 8.56. The number of halogens is 1. The fourth-order valence-corrected chi connectivity index (χ4v) is 4.47. The Morgan fingerprint density at radius 3 is 2.83 bits per heavy atom. The van der Waals surface area contributed by atoms with Crippen molar-refractivity contribution in [2.75, 3.05) is 18.4 Å². The highest BCUT2D eigenvalue weighted by Gasteiger charge is 2.25. The topological polar surface area (TPSA) is 88.8 Å². The molecular formula is C19H22ClN7OS. The smallest absolute Gasteiger partial charge is 0.252 e. The molecule has 1 unspecified atom stereocenters. The molecule has 0 bridgehead atoms. The number of carbonyl (C=O) groups is 1. The molecular weight excluding hydrogens is 410 g/mol. The first kappa shape index (κ1) is 19.9. The number of aromatic nitrogens is 5. The lowest BCUT2D eigenvalue weighted by Gasteiger charge is -2.23. The van der Waals surface area contributed by atoms with Gasteiger partial charge in [-0.15, -0.1) is 21.5 Å². The number of benzene rings is 1. The predicted octanol–water partition coefficient (Wildman–Crippen LogP) is 3.42. The Kier molecular flexibility index (Phi) is 5.89. The van der Waals surface area contributed by atoms with Gasteiger partial charge in [-0.1, -0.05) is 25.4 Å². The number of hydrogen-bond donors (Lipinski definition) is 1. The molecule has 1 aliphatic rings. The van der Waals surface area contributed by atoms with Gasteiger partial charge in [0.1, 0.15) is 0 Å². The van der Waals surface area contributed by atoms with E-state index in [0.29, 0.717) is 22.4 Å². The number of likely N-dealkylation sites (N-methyl/N-ethyl adjacent to an activating group) is 1. The predicted molar refractivity (Wildman–Crippen MR) is 113 cm³/mol. The van der Waals surface area contributed by atoms with E-state index in [0.717, 1.165) is 37.3 Å². The first-order valence-corrected chi connectivity index (χ1v) is 10.8. The van der Waals surface area contributed by atoms with E-state index in [2.05, 4.69) is 37.5 Å². The average molecular weight is 432 g/mol.